The van der Waals surface area contributed by atoms with Crippen LogP contribution >= 0.6 is 11.6 Å². The van der Waals surface area contributed by atoms with Crippen LogP contribution in [0.1, 0.15) is 23.1 Å². The number of hydrogen-bond donors (Lipinski definition) is 1. The first kappa shape index (κ1) is 13.8. The van der Waals surface area contributed by atoms with E-state index in [1.165, 1.54) is 0 Å². The number of nitrogens with one attached hydrogen (secondary N) is 1. The normalized spacial score (nSPS) is 10.1. The van der Waals surface area contributed by atoms with Gasteiger partial charge in [-0.05, 0) is 19.4 Å². The first-order valence-electron chi connectivity index (χ1n) is 5.55. The van der Waals surface area contributed by atoms with Crippen molar-refractivity contribution in [2.24, 2.45) is 0 Å². The summed E-state index contributed by atoms with van der Waals surface area (Å²) in [6, 6.07) is 4.08. The van der Waals surface area contributed by atoms with Crippen LogP contribution in [0.4, 0.5) is 0 Å². The third kappa shape index (κ3) is 3.93. The Balaban J connectivity index is 2.79. The lowest BCUT2D eigenvalue weighted by Crippen LogP contribution is -2.23. The zero-order chi connectivity index (χ0) is 12.8. The molecular weight excluding hydrogens is 238 g/mol. The summed E-state index contributed by atoms with van der Waals surface area (Å²) < 4.78 is 5.35. The van der Waals surface area contributed by atoms with Gasteiger partial charge < -0.3 is 10.1 Å². The van der Waals surface area contributed by atoms with Crippen LogP contribution in [0.5, 0.6) is 5.75 Å². The van der Waals surface area contributed by atoms with E-state index in [1.807, 2.05) is 19.9 Å². The molecule has 0 unspecified atom stereocenters. The van der Waals surface area contributed by atoms with Crippen molar-refractivity contribution in [3.05, 3.63) is 28.8 Å². The molecule has 0 aliphatic rings. The predicted octanol–water partition coefficient (Wildman–Crippen LogP) is 2.56. The lowest BCUT2D eigenvalue weighted by molar-refractivity contribution is -0.120. The Morgan fingerprint density at radius 1 is 1.41 bits per heavy atom. The third-order valence-electron chi connectivity index (χ3n) is 2.50. The Hall–Kier alpha value is -1.22. The average Bonchev–Trinajstić information content (AvgIpc) is 2.26. The number of carbonyl (C=O) groups excluding carboxylic acids is 1. The molecule has 0 aromatic heterocycles. The van der Waals surface area contributed by atoms with Crippen LogP contribution in [0.15, 0.2) is 12.1 Å². The van der Waals surface area contributed by atoms with Crippen LogP contribution in [0, 0.1) is 13.8 Å². The van der Waals surface area contributed by atoms with Crippen LogP contribution in [0.25, 0.3) is 0 Å². The molecule has 0 heterocycles. The zero-order valence-corrected chi connectivity index (χ0v) is 11.2. The van der Waals surface area contributed by atoms with Gasteiger partial charge in [-0.2, -0.15) is 0 Å². The summed E-state index contributed by atoms with van der Waals surface area (Å²) in [5, 5.41) is 2.83. The summed E-state index contributed by atoms with van der Waals surface area (Å²) in [5.41, 5.74) is 3.23. The first-order chi connectivity index (χ1) is 8.08. The van der Waals surface area contributed by atoms with Crippen LogP contribution in [0.3, 0.4) is 0 Å². The van der Waals surface area contributed by atoms with E-state index >= 15 is 0 Å². The molecule has 94 valence electrons. The molecule has 1 N–H and O–H groups in total. The maximum atomic E-state index is 11.3. The second kappa shape index (κ2) is 6.50. The molecule has 0 saturated carbocycles. The highest BCUT2D eigenvalue weighted by molar-refractivity contribution is 6.18. The molecule has 0 spiro atoms. The van der Waals surface area contributed by atoms with E-state index in [-0.39, 0.29) is 5.91 Å². The first-order valence-corrected chi connectivity index (χ1v) is 6.08. The number of aryl methyl sites for hydroxylation is 2. The maximum absolute atomic E-state index is 11.3. The smallest absolute Gasteiger partial charge is 0.221 e. The molecule has 0 bridgehead atoms. The molecule has 1 aromatic rings. The van der Waals surface area contributed by atoms with Gasteiger partial charge in [-0.1, -0.05) is 17.7 Å². The molecule has 0 radical (unpaired) electrons. The Morgan fingerprint density at radius 2 is 2.12 bits per heavy atom. The second-order valence-corrected chi connectivity index (χ2v) is 4.37. The van der Waals surface area contributed by atoms with Crippen LogP contribution < -0.4 is 10.1 Å². The molecule has 0 fully saturated rings. The van der Waals surface area contributed by atoms with Crippen LogP contribution in [0.2, 0.25) is 0 Å². The number of methoxy groups -OCH3 is 1. The van der Waals surface area contributed by atoms with Gasteiger partial charge in [0.05, 0.1) is 7.11 Å². The predicted molar refractivity (Wildman–Crippen MR) is 69.7 cm³/mol. The molecule has 0 aliphatic heterocycles. The van der Waals surface area contributed by atoms with Gasteiger partial charge in [0.25, 0.3) is 0 Å². The summed E-state index contributed by atoms with van der Waals surface area (Å²) in [4.78, 5) is 11.3. The maximum Gasteiger partial charge on any atom is 0.221 e. The van der Waals surface area contributed by atoms with Crippen molar-refractivity contribution < 1.29 is 9.53 Å². The summed E-state index contributed by atoms with van der Waals surface area (Å²) in [6.45, 7) is 4.49. The second-order valence-electron chi connectivity index (χ2n) is 3.99. The summed E-state index contributed by atoms with van der Waals surface area (Å²) in [5.74, 6) is 1.14. The fourth-order valence-corrected chi connectivity index (χ4v) is 2.01. The third-order valence-corrected chi connectivity index (χ3v) is 2.69. The van der Waals surface area contributed by atoms with Crippen molar-refractivity contribution in [3.8, 4) is 5.75 Å². The zero-order valence-electron chi connectivity index (χ0n) is 10.5. The topological polar surface area (TPSA) is 38.3 Å². The fourth-order valence-electron chi connectivity index (χ4n) is 1.83. The van der Waals surface area contributed by atoms with E-state index in [0.29, 0.717) is 18.8 Å². The monoisotopic (exact) mass is 255 g/mol. The van der Waals surface area contributed by atoms with E-state index in [0.717, 1.165) is 22.4 Å². The molecule has 1 rings (SSSR count). The highest BCUT2D eigenvalue weighted by Crippen LogP contribution is 2.24. The number of carbonyl (C=O) groups is 1. The Morgan fingerprint density at radius 3 is 2.71 bits per heavy atom. The molecule has 0 saturated heterocycles. The highest BCUT2D eigenvalue weighted by Gasteiger charge is 2.08. The van der Waals surface area contributed by atoms with Crippen LogP contribution in [-0.4, -0.2) is 18.9 Å². The fraction of sp³-hybridized carbons (Fsp3) is 0.462. The molecule has 3 nitrogen and oxygen atoms in total. The quantitative estimate of drug-likeness (QED) is 0.822. The summed E-state index contributed by atoms with van der Waals surface area (Å²) in [7, 11) is 1.64. The number of rotatable bonds is 5. The number of alkyl halides is 1. The molecule has 1 amide bonds. The minimum absolute atomic E-state index is 0.0405. The van der Waals surface area contributed by atoms with Crippen LogP contribution in [-0.2, 0) is 11.3 Å². The average molecular weight is 256 g/mol. The minimum atomic E-state index is -0.0405. The van der Waals surface area contributed by atoms with E-state index in [4.69, 9.17) is 16.3 Å². The van der Waals surface area contributed by atoms with Gasteiger partial charge in [0.15, 0.2) is 0 Å². The number of hydrogen-bond acceptors (Lipinski definition) is 2. The highest BCUT2D eigenvalue weighted by atomic mass is 35.5. The number of ether oxygens (including phenoxy) is 1. The number of halogens is 1. The van der Waals surface area contributed by atoms with Crippen molar-refractivity contribution in [2.45, 2.75) is 26.8 Å². The standard InChI is InChI=1S/C13H18ClNO2/c1-9-6-10(2)13(17-3)11(7-9)8-15-12(16)4-5-14/h6-7H,4-5,8H2,1-3H3,(H,15,16). The number of amides is 1. The molecule has 1 aromatic carbocycles. The molecule has 0 aliphatic carbocycles. The van der Waals surface area contributed by atoms with Gasteiger partial charge >= 0.3 is 0 Å². The van der Waals surface area contributed by atoms with E-state index in [1.54, 1.807) is 7.11 Å². The molecule has 4 heteroatoms. The summed E-state index contributed by atoms with van der Waals surface area (Å²) in [6.07, 6.45) is 0.342. The van der Waals surface area contributed by atoms with Gasteiger partial charge in [-0.3, -0.25) is 4.79 Å². The summed E-state index contributed by atoms with van der Waals surface area (Å²) >= 11 is 5.50. The van der Waals surface area contributed by atoms with E-state index < -0.39 is 0 Å². The molecular formula is C13H18ClNO2. The minimum Gasteiger partial charge on any atom is -0.496 e. The SMILES string of the molecule is COc1c(C)cc(C)cc1CNC(=O)CCCl. The lowest BCUT2D eigenvalue weighted by atomic mass is 10.1. The number of benzene rings is 1. The van der Waals surface area contributed by atoms with Gasteiger partial charge in [-0.25, -0.2) is 0 Å². The Labute approximate surface area is 107 Å². The van der Waals surface area contributed by atoms with Gasteiger partial charge in [0.2, 0.25) is 5.91 Å². The van der Waals surface area contributed by atoms with Crippen molar-refractivity contribution in [3.63, 3.8) is 0 Å². The molecule has 17 heavy (non-hydrogen) atoms. The van der Waals surface area contributed by atoms with Gasteiger partial charge in [0, 0.05) is 24.4 Å². The Bertz CT molecular complexity index is 405. The van der Waals surface area contributed by atoms with Crippen molar-refractivity contribution in [2.75, 3.05) is 13.0 Å². The van der Waals surface area contributed by atoms with Gasteiger partial charge in [-0.15, -0.1) is 11.6 Å². The van der Waals surface area contributed by atoms with Gasteiger partial charge in [0.1, 0.15) is 5.75 Å². The Kier molecular flexibility index (Phi) is 5.29. The molecule has 0 atom stereocenters. The van der Waals surface area contributed by atoms with E-state index in [9.17, 15) is 4.79 Å². The largest absolute Gasteiger partial charge is 0.496 e. The van der Waals surface area contributed by atoms with E-state index in [2.05, 4.69) is 11.4 Å². The van der Waals surface area contributed by atoms with Crippen molar-refractivity contribution in [1.82, 2.24) is 5.32 Å². The van der Waals surface area contributed by atoms with Crippen molar-refractivity contribution >= 4 is 17.5 Å². The van der Waals surface area contributed by atoms with Crippen molar-refractivity contribution in [1.29, 1.82) is 0 Å². The lowest BCUT2D eigenvalue weighted by Gasteiger charge is -2.13.